The van der Waals surface area contributed by atoms with Crippen LogP contribution < -0.4 is 20.6 Å². The van der Waals surface area contributed by atoms with Gasteiger partial charge in [0.2, 0.25) is 0 Å². The number of hydrogen-bond donors (Lipinski definition) is 2. The van der Waals surface area contributed by atoms with Crippen LogP contribution in [0.2, 0.25) is 0 Å². The fourth-order valence-corrected chi connectivity index (χ4v) is 1.51. The second kappa shape index (κ2) is 12.8. The molecule has 0 radical (unpaired) electrons. The van der Waals surface area contributed by atoms with Crippen LogP contribution in [0.15, 0.2) is 36.9 Å². The number of aryl methyl sites for hydroxylation is 1. The van der Waals surface area contributed by atoms with E-state index >= 15 is 0 Å². The highest BCUT2D eigenvalue weighted by molar-refractivity contribution is 5.71. The number of quaternary nitrogens is 1. The fourth-order valence-electron chi connectivity index (χ4n) is 1.51. The van der Waals surface area contributed by atoms with E-state index in [4.69, 9.17) is 24.9 Å². The molecule has 1 atom stereocenters. The third-order valence-electron chi connectivity index (χ3n) is 3.11. The zero-order valence-electron chi connectivity index (χ0n) is 16.2. The Morgan fingerprint density at radius 3 is 1.82 bits per heavy atom. The minimum atomic E-state index is -5.19. The molecule has 2 aromatic rings. The van der Waals surface area contributed by atoms with Crippen LogP contribution in [0.3, 0.4) is 0 Å². The first kappa shape index (κ1) is 29.1. The second-order valence-electron chi connectivity index (χ2n) is 5.65. The third kappa shape index (κ3) is 12.5. The first-order valence-corrected chi connectivity index (χ1v) is 8.31. The van der Waals surface area contributed by atoms with Crippen LogP contribution in [0.25, 0.3) is 11.4 Å². The topological polar surface area (TPSA) is 188 Å². The molecule has 0 aliphatic rings. The molecule has 0 aliphatic heterocycles. The van der Waals surface area contributed by atoms with Gasteiger partial charge in [-0.05, 0) is 11.2 Å². The van der Waals surface area contributed by atoms with E-state index in [1.807, 2.05) is 6.07 Å². The van der Waals surface area contributed by atoms with E-state index in [-0.39, 0.29) is 0 Å². The molecule has 4 N–H and O–H groups in total. The number of hydrogen-bond acceptors (Lipinski definition) is 8. The SMILES string of the molecule is O=C([O-])C(F)(F)F.O=C([O-])C(F)(F)F.[NH3+][C@H](CC[n+]1ccc(-c2ncccn2)cn1)C(=O)O. The number of halogens is 6. The molecule has 0 unspecified atom stereocenters. The predicted octanol–water partition coefficient (Wildman–Crippen LogP) is -2.49. The lowest BCUT2D eigenvalue weighted by atomic mass is 10.2. The molecular weight excluding hydrogens is 472 g/mol. The number of aliphatic carboxylic acids is 3. The molecule has 0 aromatic carbocycles. The normalized spacial score (nSPS) is 11.7. The van der Waals surface area contributed by atoms with Gasteiger partial charge in [0.25, 0.3) is 0 Å². The molecule has 0 bridgehead atoms. The molecule has 2 rings (SSSR count). The monoisotopic (exact) mass is 487 g/mol. The molecule has 2 heterocycles. The molecule has 0 saturated heterocycles. The van der Waals surface area contributed by atoms with Crippen molar-refractivity contribution >= 4 is 17.9 Å². The van der Waals surface area contributed by atoms with Crippen LogP contribution in [0.4, 0.5) is 26.3 Å². The summed E-state index contributed by atoms with van der Waals surface area (Å²) in [7, 11) is 0. The lowest BCUT2D eigenvalue weighted by molar-refractivity contribution is -0.756. The molecular formula is C16H15F6N5O6. The molecule has 182 valence electrons. The number of rotatable bonds is 5. The first-order chi connectivity index (χ1) is 15.1. The summed E-state index contributed by atoms with van der Waals surface area (Å²) in [6.07, 6.45) is -3.17. The minimum absolute atomic E-state index is 0.439. The maximum atomic E-state index is 10.7. The molecule has 11 nitrogen and oxygen atoms in total. The highest BCUT2D eigenvalue weighted by atomic mass is 19.4. The lowest BCUT2D eigenvalue weighted by Gasteiger charge is -2.03. The van der Waals surface area contributed by atoms with Gasteiger partial charge < -0.3 is 30.6 Å². The Labute approximate surface area is 180 Å². The van der Waals surface area contributed by atoms with Gasteiger partial charge in [0, 0.05) is 24.0 Å². The summed E-state index contributed by atoms with van der Waals surface area (Å²) in [5.74, 6) is -6.29. The fraction of sp³-hybridized carbons (Fsp3) is 0.312. The van der Waals surface area contributed by atoms with Gasteiger partial charge in [-0.25, -0.2) is 14.8 Å². The van der Waals surface area contributed by atoms with E-state index in [2.05, 4.69) is 20.8 Å². The van der Waals surface area contributed by atoms with Crippen molar-refractivity contribution in [2.75, 3.05) is 0 Å². The van der Waals surface area contributed by atoms with Crippen molar-refractivity contribution in [1.82, 2.24) is 15.1 Å². The second-order valence-corrected chi connectivity index (χ2v) is 5.65. The highest BCUT2D eigenvalue weighted by Gasteiger charge is 2.29. The zero-order chi connectivity index (χ0) is 25.8. The number of carbonyl (C=O) groups is 3. The van der Waals surface area contributed by atoms with Crippen LogP contribution in [0.1, 0.15) is 6.42 Å². The van der Waals surface area contributed by atoms with Gasteiger partial charge in [0.05, 0.1) is 6.42 Å². The van der Waals surface area contributed by atoms with E-state index in [9.17, 15) is 31.1 Å². The maximum absolute atomic E-state index is 10.7. The molecule has 0 aliphatic carbocycles. The average molecular weight is 487 g/mol. The highest BCUT2D eigenvalue weighted by Crippen LogP contribution is 2.12. The summed E-state index contributed by atoms with van der Waals surface area (Å²) in [6.45, 7) is 0.510. The van der Waals surface area contributed by atoms with Crippen molar-refractivity contribution in [1.29, 1.82) is 0 Å². The van der Waals surface area contributed by atoms with Gasteiger partial charge in [-0.1, -0.05) is 4.68 Å². The molecule has 2 aromatic heterocycles. The molecule has 17 heteroatoms. The quantitative estimate of drug-likeness (QED) is 0.340. The van der Waals surface area contributed by atoms with Crippen molar-refractivity contribution < 1.29 is 66.5 Å². The molecule has 0 fully saturated rings. The van der Waals surface area contributed by atoms with Crippen LogP contribution >= 0.6 is 0 Å². The van der Waals surface area contributed by atoms with Gasteiger partial charge in [0.1, 0.15) is 18.1 Å². The van der Waals surface area contributed by atoms with Gasteiger partial charge in [-0.2, -0.15) is 26.3 Å². The Kier molecular flexibility index (Phi) is 11.3. The summed E-state index contributed by atoms with van der Waals surface area (Å²) in [4.78, 5) is 36.5. The Bertz CT molecular complexity index is 885. The lowest BCUT2D eigenvalue weighted by Crippen LogP contribution is -2.66. The molecule has 33 heavy (non-hydrogen) atoms. The molecule has 0 spiro atoms. The average Bonchev–Trinajstić information content (AvgIpc) is 2.72. The number of carboxylic acid groups (broad SMARTS) is 3. The maximum Gasteiger partial charge on any atom is 0.430 e. The van der Waals surface area contributed by atoms with Crippen LogP contribution in [0, 0.1) is 0 Å². The van der Waals surface area contributed by atoms with E-state index in [1.54, 1.807) is 35.5 Å². The van der Waals surface area contributed by atoms with E-state index in [0.717, 1.165) is 5.56 Å². The summed E-state index contributed by atoms with van der Waals surface area (Å²) in [5.41, 5.74) is 4.38. The number of aromatic nitrogens is 4. The third-order valence-corrected chi connectivity index (χ3v) is 3.11. The van der Waals surface area contributed by atoms with Crippen molar-refractivity contribution in [3.8, 4) is 11.4 Å². The molecule has 0 saturated carbocycles. The predicted molar refractivity (Wildman–Crippen MR) is 86.5 cm³/mol. The van der Waals surface area contributed by atoms with Crippen molar-refractivity contribution in [2.24, 2.45) is 0 Å². The van der Waals surface area contributed by atoms with Gasteiger partial charge in [-0.3, -0.25) is 0 Å². The largest absolute Gasteiger partial charge is 0.542 e. The summed E-state index contributed by atoms with van der Waals surface area (Å²) in [6, 6.07) is 2.98. The van der Waals surface area contributed by atoms with Gasteiger partial charge in [0.15, 0.2) is 24.6 Å². The first-order valence-electron chi connectivity index (χ1n) is 8.31. The zero-order valence-corrected chi connectivity index (χ0v) is 16.2. The number of nitrogens with zero attached hydrogens (tertiary/aromatic N) is 4. The van der Waals surface area contributed by atoms with Crippen LogP contribution in [-0.4, -0.2) is 56.5 Å². The standard InChI is InChI=1S/C12H13N5O2.2C2HF3O2/c13-10(12(18)19)3-7-17-6-2-9(8-16-17)11-14-4-1-5-15-11;2*3-2(4,5)1(6)7/h1-2,4-6,8,10H,3,7,13H2;2*(H,6,7)/t10-;;/m1../s1. The van der Waals surface area contributed by atoms with Gasteiger partial charge in [-0.15, -0.1) is 0 Å². The van der Waals surface area contributed by atoms with Crippen molar-refractivity contribution in [2.45, 2.75) is 31.4 Å². The smallest absolute Gasteiger partial charge is 0.430 e. The van der Waals surface area contributed by atoms with E-state index in [0.29, 0.717) is 18.8 Å². The Morgan fingerprint density at radius 2 is 1.48 bits per heavy atom. The van der Waals surface area contributed by atoms with Crippen LogP contribution in [-0.2, 0) is 20.9 Å². The number of carbonyl (C=O) groups excluding carboxylic acids is 2. The minimum Gasteiger partial charge on any atom is -0.542 e. The van der Waals surface area contributed by atoms with Gasteiger partial charge >= 0.3 is 18.3 Å². The van der Waals surface area contributed by atoms with Crippen LogP contribution in [0.5, 0.6) is 0 Å². The van der Waals surface area contributed by atoms with E-state index in [1.165, 1.54) is 0 Å². The Hall–Kier alpha value is -3.89. The summed E-state index contributed by atoms with van der Waals surface area (Å²) in [5, 5.41) is 30.5. The summed E-state index contributed by atoms with van der Waals surface area (Å²) < 4.78 is 64.8. The Balaban J connectivity index is 0.000000605. The molecule has 0 amide bonds. The summed E-state index contributed by atoms with van der Waals surface area (Å²) >= 11 is 0. The number of alkyl halides is 6. The van der Waals surface area contributed by atoms with Crippen molar-refractivity contribution in [3.05, 3.63) is 36.9 Å². The Morgan fingerprint density at radius 1 is 1.03 bits per heavy atom. The number of carboxylic acids is 3. The van der Waals surface area contributed by atoms with Crippen molar-refractivity contribution in [3.63, 3.8) is 0 Å². The van der Waals surface area contributed by atoms with E-state index < -0.39 is 36.3 Å².